The molecule has 3 rings (SSSR count). The second kappa shape index (κ2) is 100. The fourth-order valence-corrected chi connectivity index (χ4v) is 18.9. The summed E-state index contributed by atoms with van der Waals surface area (Å²) in [4.78, 5) is 21.3. The first-order valence-corrected chi connectivity index (χ1v) is 56.8. The topological polar surface area (TPSA) is 151 Å². The summed E-state index contributed by atoms with van der Waals surface area (Å²) >= 11 is 87.7. The number of carbonyl (C=O) groups excluding carboxylic acids is 2. The molecule has 7 atom stereocenters. The number of ether oxygens (including phenoxy) is 4. The summed E-state index contributed by atoms with van der Waals surface area (Å²) in [5, 5.41) is 22.7. The Kier molecular flexibility index (Phi) is 129. The zero-order chi connectivity index (χ0) is 79.1. The molecular formula is C65H111Br20Cl4HeNO9S. The number of sulfone groups is 1. The van der Waals surface area contributed by atoms with Gasteiger partial charge >= 0.3 is 5.97 Å². The van der Waals surface area contributed by atoms with E-state index in [9.17, 15) is 18.0 Å². The number of primary amides is 1. The number of hydrogen-bond donors (Lipinski definition) is 2. The Bertz CT molecular complexity index is 1910. The van der Waals surface area contributed by atoms with Gasteiger partial charge in [-0.25, -0.2) is 8.42 Å². The third kappa shape index (κ3) is 108. The summed E-state index contributed by atoms with van der Waals surface area (Å²) in [7, 11) is 0.496. The zero-order valence-electron chi connectivity index (χ0n) is 58.9. The van der Waals surface area contributed by atoms with Crippen LogP contribution < -0.4 is 5.73 Å². The second-order valence-corrected chi connectivity index (χ2v) is 41.7. The minimum Gasteiger partial charge on any atom is -0.459 e. The summed E-state index contributed by atoms with van der Waals surface area (Å²) in [6, 6.07) is 7.96. The molecule has 36 heteroatoms. The monoisotopic (exact) mass is 2800 g/mol. The molecule has 606 valence electrons. The van der Waals surface area contributed by atoms with Crippen LogP contribution in [0, 0.1) is 12.1 Å². The van der Waals surface area contributed by atoms with Crippen molar-refractivity contribution in [3.8, 4) is 0 Å². The smallest absolute Gasteiger partial charge is 0.320 e. The minimum atomic E-state index is -2.74. The molecule has 1 heterocycles. The summed E-state index contributed by atoms with van der Waals surface area (Å²) in [5.41, 5.74) is 6.69. The van der Waals surface area contributed by atoms with E-state index in [0.717, 1.165) is 79.3 Å². The second-order valence-electron chi connectivity index (χ2n) is 21.3. The average molecular weight is 2830 g/mol. The van der Waals surface area contributed by atoms with Crippen LogP contribution in [0.2, 0.25) is 0 Å². The normalized spacial score (nSPS) is 15.8. The predicted molar refractivity (Wildman–Crippen MR) is 520 cm³/mol. The number of esters is 1. The first-order chi connectivity index (χ1) is 47.2. The molecular weight excluding hydrogens is 2710 g/mol. The number of rotatable bonds is 37. The summed E-state index contributed by atoms with van der Waals surface area (Å²) < 4.78 is 41.9. The van der Waals surface area contributed by atoms with Crippen molar-refractivity contribution < 1.29 is 48.2 Å². The first-order valence-electron chi connectivity index (χ1n) is 31.7. The Labute approximate surface area is 801 Å². The minimum absolute atomic E-state index is 0. The quantitative estimate of drug-likeness (QED) is 0.0218. The van der Waals surface area contributed by atoms with Gasteiger partial charge in [-0.1, -0.05) is 425 Å². The number of benzene rings is 1. The molecule has 1 aromatic rings. The molecule has 3 N–H and O–H groups in total. The van der Waals surface area contributed by atoms with Crippen LogP contribution in [-0.4, -0.2) is 197 Å². The van der Waals surface area contributed by atoms with E-state index < -0.39 is 21.2 Å². The van der Waals surface area contributed by atoms with Crippen LogP contribution in [0.1, 0.15) is 135 Å². The average Bonchev–Trinajstić information content (AvgIpc) is 1.72. The summed E-state index contributed by atoms with van der Waals surface area (Å²) in [5.74, 6) is 1.49. The van der Waals surface area contributed by atoms with Crippen LogP contribution in [0.4, 0.5) is 0 Å². The Morgan fingerprint density at radius 1 is 0.584 bits per heavy atom. The molecule has 0 radical (unpaired) electrons. The van der Waals surface area contributed by atoms with E-state index in [-0.39, 0.29) is 71.0 Å². The Balaban J connectivity index is -0.000000112. The van der Waals surface area contributed by atoms with E-state index in [1.807, 2.05) is 57.2 Å². The third-order valence-electron chi connectivity index (χ3n) is 11.3. The molecule has 1 aliphatic carbocycles. The zero-order valence-corrected chi connectivity index (χ0v) is 94.4. The standard InChI is InChI=1S/C9H18Br2.C8H14Br2O2.C8H8Cl2.C7H14Br2.C6H12Br2.C5H10Br2O2.C4H6Br2O2S.C4H8Br2O.C4H6Br2.C4H4Cl2.C3H5Br2NO.C3H6Br2O.He/c10-8-6-4-2-1-3-5-7-9-11;1-8(2,3)12-7(11)6(10)4-5-9;9-5-7-2-1-3-8(4-7)6-10;8-6-4-2-1-3-5-7-9;1-6(2-4-7)3-5-8;1-8-5(3-6,4-7)9-2;5-3-1-9(7,8)2-4(3)6;5-1-3-7-4-2-6;5-3-1-2-4-6;5-3-1-2-4(3)6;4-1-2(5)3(6)7;4-1-3(5)2-6;/h1-9H2;6H,4-5H2,1-3H3;1-4H,5-6H2;1-7H2;6H,2-5H2,1H3;3-4H2,1-2H3;3-4H,1-2H2;1-4H2;1-2H,3-4H2;1-4H;2H,1H2,(H2,6,7);3,6H,1-2H2;/b;;;;;;;;2-1+;;;;/t;;;;;;;;;3-,4+;;;. The van der Waals surface area contributed by atoms with Crippen LogP contribution >= 0.6 is 365 Å². The van der Waals surface area contributed by atoms with Gasteiger partial charge in [0.25, 0.3) is 0 Å². The summed E-state index contributed by atoms with van der Waals surface area (Å²) in [6.45, 7) is 9.68. The molecule has 0 saturated carbocycles. The molecule has 101 heavy (non-hydrogen) atoms. The number of nitrogens with two attached hydrogens (primary N) is 1. The predicted octanol–water partition coefficient (Wildman–Crippen LogP) is 27.8. The number of aliphatic hydroxyl groups excluding tert-OH is 1. The van der Waals surface area contributed by atoms with Gasteiger partial charge in [0.1, 0.15) is 15.3 Å². The van der Waals surface area contributed by atoms with Gasteiger partial charge < -0.3 is 29.8 Å². The number of methoxy groups -OCH3 is 2. The Hall–Kier alpha value is 8.10. The van der Waals surface area contributed by atoms with E-state index in [4.69, 9.17) is 76.2 Å². The van der Waals surface area contributed by atoms with E-state index in [1.54, 1.807) is 14.2 Å². The molecule has 1 saturated heterocycles. The van der Waals surface area contributed by atoms with Crippen molar-refractivity contribution >= 4 is 387 Å². The van der Waals surface area contributed by atoms with E-state index in [2.05, 4.69) is 338 Å². The van der Waals surface area contributed by atoms with Crippen LogP contribution in [-0.2, 0) is 50.1 Å². The van der Waals surface area contributed by atoms with Crippen LogP contribution in [0.3, 0.4) is 0 Å². The van der Waals surface area contributed by atoms with Crippen LogP contribution in [0.15, 0.2) is 48.6 Å². The summed E-state index contributed by atoms with van der Waals surface area (Å²) in [6.07, 6.45) is 27.8. The maximum Gasteiger partial charge on any atom is 0.320 e. The Morgan fingerprint density at radius 2 is 0.931 bits per heavy atom. The van der Waals surface area contributed by atoms with Gasteiger partial charge in [-0.3, -0.25) is 9.59 Å². The van der Waals surface area contributed by atoms with Crippen molar-refractivity contribution in [1.29, 1.82) is 0 Å². The van der Waals surface area contributed by atoms with Gasteiger partial charge in [0.15, 0.2) is 15.6 Å². The van der Waals surface area contributed by atoms with E-state index in [0.29, 0.717) is 27.8 Å². The molecule has 0 spiro atoms. The van der Waals surface area contributed by atoms with Gasteiger partial charge in [-0.05, 0) is 82.8 Å². The number of unbranched alkanes of at least 4 members (excludes halogenated alkanes) is 10. The SMILES string of the molecule is BrC/C=C/CBr.BrCCCCCCCBr.BrCCCCCCCCCBr.BrCCOCCBr.CC(C)(C)OC(=O)C(Br)CCBr.CC(CCBr)CCBr.COC(CBr)(CBr)OC.ClCc1cccc(CCl)c1.Cl[C@@H]1C=C[C@@H]1Cl.NC(=O)C(Br)CBr.O=S1(=O)CC(Br)C(Br)C1.OCC(Br)CBr.[He]. The Morgan fingerprint density at radius 3 is 1.10 bits per heavy atom. The van der Waals surface area contributed by atoms with Crippen molar-refractivity contribution in [3.05, 3.63) is 59.7 Å². The first kappa shape index (κ1) is 130. The number of hydrogen-bond acceptors (Lipinski definition) is 9. The largest absolute Gasteiger partial charge is 0.459 e. The van der Waals surface area contributed by atoms with Crippen molar-refractivity contribution in [2.75, 3.05) is 125 Å². The molecule has 1 fully saturated rings. The van der Waals surface area contributed by atoms with E-state index in [1.165, 1.54) is 111 Å². The number of aliphatic hydroxyl groups is 1. The maximum atomic E-state index is 11.3. The van der Waals surface area contributed by atoms with E-state index >= 15 is 0 Å². The van der Waals surface area contributed by atoms with Crippen molar-refractivity contribution in [3.63, 3.8) is 0 Å². The van der Waals surface area contributed by atoms with Crippen molar-refractivity contribution in [2.24, 2.45) is 11.7 Å². The molecule has 1 amide bonds. The number of alkyl halides is 24. The molecule has 1 aliphatic heterocycles. The molecule has 1 aromatic carbocycles. The van der Waals surface area contributed by atoms with Gasteiger partial charge in [0.05, 0.1) is 52.7 Å². The van der Waals surface area contributed by atoms with Crippen LogP contribution in [0.25, 0.3) is 0 Å². The molecule has 2 aliphatic rings. The fraction of sp³-hybridized carbons (Fsp3) is 0.815. The van der Waals surface area contributed by atoms with Gasteiger partial charge in [0, 0.05) is 116 Å². The van der Waals surface area contributed by atoms with Gasteiger partial charge in [-0.15, -0.1) is 46.4 Å². The maximum absolute atomic E-state index is 11.3. The number of halogens is 24. The van der Waals surface area contributed by atoms with Gasteiger partial charge in [-0.2, -0.15) is 0 Å². The van der Waals surface area contributed by atoms with Gasteiger partial charge in [0.2, 0.25) is 5.91 Å². The molecule has 5 unspecified atom stereocenters. The van der Waals surface area contributed by atoms with Crippen LogP contribution in [0.5, 0.6) is 0 Å². The number of allylic oxidation sites excluding steroid dienone is 4. The molecule has 0 bridgehead atoms. The number of amides is 1. The molecule has 0 aromatic heterocycles. The number of carbonyl (C=O) groups is 2. The van der Waals surface area contributed by atoms with Crippen molar-refractivity contribution in [1.82, 2.24) is 0 Å². The third-order valence-corrected chi connectivity index (χ3v) is 30.2. The van der Waals surface area contributed by atoms with Crippen molar-refractivity contribution in [2.45, 2.75) is 182 Å². The molecule has 10 nitrogen and oxygen atoms in total. The fourth-order valence-electron chi connectivity index (χ4n) is 5.52.